The number of carbonyl (C=O) groups excluding carboxylic acids is 1. The Morgan fingerprint density at radius 2 is 2.05 bits per heavy atom. The molecule has 1 fully saturated rings. The molecule has 1 aliphatic rings. The summed E-state index contributed by atoms with van der Waals surface area (Å²) in [6.45, 7) is 8.74. The molecular formula is C28H31ClN4O4. The van der Waals surface area contributed by atoms with E-state index in [0.717, 1.165) is 54.5 Å². The molecule has 0 aliphatic carbocycles. The number of carbonyl (C=O) groups is 1. The van der Waals surface area contributed by atoms with Crippen molar-refractivity contribution in [2.45, 2.75) is 46.3 Å². The Bertz CT molecular complexity index is 1390. The maximum atomic E-state index is 12.1. The molecule has 5 rings (SSSR count). The summed E-state index contributed by atoms with van der Waals surface area (Å²) < 4.78 is 16.5. The molecule has 3 heterocycles. The summed E-state index contributed by atoms with van der Waals surface area (Å²) in [7, 11) is 0. The molecule has 1 aliphatic heterocycles. The number of esters is 1. The van der Waals surface area contributed by atoms with Crippen LogP contribution in [0.1, 0.15) is 39.2 Å². The van der Waals surface area contributed by atoms with Gasteiger partial charge in [-0.2, -0.15) is 4.98 Å². The molecule has 0 radical (unpaired) electrons. The number of para-hydroxylation sites is 1. The Morgan fingerprint density at radius 3 is 2.78 bits per heavy atom. The lowest BCUT2D eigenvalue weighted by Crippen LogP contribution is -2.36. The molecule has 0 amide bonds. The van der Waals surface area contributed by atoms with Crippen molar-refractivity contribution >= 4 is 28.5 Å². The molecule has 0 spiro atoms. The summed E-state index contributed by atoms with van der Waals surface area (Å²) in [4.78, 5) is 22.5. The molecular weight excluding hydrogens is 492 g/mol. The normalized spacial score (nSPS) is 14.9. The van der Waals surface area contributed by atoms with Crippen molar-refractivity contribution < 1.29 is 18.8 Å². The SMILES string of the molecule is CCOC(=O)C1CCN(Cc2c[nH]c3c(-c4noc(-c5ccc(OC(C)C)c(Cl)c5)n4)cccc23)CC1. The maximum absolute atomic E-state index is 12.1. The van der Waals surface area contributed by atoms with Gasteiger partial charge in [0.1, 0.15) is 5.75 Å². The maximum Gasteiger partial charge on any atom is 0.309 e. The van der Waals surface area contributed by atoms with Gasteiger partial charge in [0.2, 0.25) is 5.82 Å². The van der Waals surface area contributed by atoms with E-state index in [1.807, 2.05) is 51.2 Å². The average Bonchev–Trinajstić information content (AvgIpc) is 3.53. The summed E-state index contributed by atoms with van der Waals surface area (Å²) >= 11 is 6.40. The molecule has 4 aromatic rings. The van der Waals surface area contributed by atoms with Gasteiger partial charge in [-0.25, -0.2) is 0 Å². The largest absolute Gasteiger partial charge is 0.489 e. The number of H-pyrrole nitrogens is 1. The summed E-state index contributed by atoms with van der Waals surface area (Å²) in [5.41, 5.74) is 3.75. The highest BCUT2D eigenvalue weighted by atomic mass is 35.5. The number of aromatic nitrogens is 3. The minimum atomic E-state index is -0.0690. The number of rotatable bonds is 8. The van der Waals surface area contributed by atoms with E-state index >= 15 is 0 Å². The molecule has 0 saturated carbocycles. The van der Waals surface area contributed by atoms with Gasteiger partial charge in [0.15, 0.2) is 0 Å². The van der Waals surface area contributed by atoms with Gasteiger partial charge in [-0.15, -0.1) is 0 Å². The van der Waals surface area contributed by atoms with Crippen LogP contribution in [0.15, 0.2) is 47.1 Å². The van der Waals surface area contributed by atoms with Crippen molar-refractivity contribution in [1.29, 1.82) is 0 Å². The highest BCUT2D eigenvalue weighted by molar-refractivity contribution is 6.32. The molecule has 1 saturated heterocycles. The van der Waals surface area contributed by atoms with Crippen molar-refractivity contribution in [3.05, 3.63) is 53.2 Å². The Kier molecular flexibility index (Phi) is 7.48. The number of hydrogen-bond acceptors (Lipinski definition) is 7. The van der Waals surface area contributed by atoms with Gasteiger partial charge in [0.05, 0.1) is 29.2 Å². The number of ether oxygens (including phenoxy) is 2. The van der Waals surface area contributed by atoms with Gasteiger partial charge in [0, 0.05) is 29.3 Å². The zero-order valence-corrected chi connectivity index (χ0v) is 22.0. The summed E-state index contributed by atoms with van der Waals surface area (Å²) in [6.07, 6.45) is 3.72. The fourth-order valence-corrected chi connectivity index (χ4v) is 5.02. The van der Waals surface area contributed by atoms with Crippen LogP contribution in [-0.4, -0.2) is 51.8 Å². The fourth-order valence-electron chi connectivity index (χ4n) is 4.79. The fraction of sp³-hybridized carbons (Fsp3) is 0.393. The van der Waals surface area contributed by atoms with Crippen LogP contribution < -0.4 is 4.74 Å². The second kappa shape index (κ2) is 10.9. The number of likely N-dealkylation sites (tertiary alicyclic amines) is 1. The minimum Gasteiger partial charge on any atom is -0.489 e. The van der Waals surface area contributed by atoms with Crippen LogP contribution in [0.25, 0.3) is 33.7 Å². The molecule has 9 heteroatoms. The number of nitrogens with zero attached hydrogens (tertiary/aromatic N) is 3. The number of benzene rings is 2. The lowest BCUT2D eigenvalue weighted by Gasteiger charge is -2.30. The van der Waals surface area contributed by atoms with E-state index in [1.165, 1.54) is 5.56 Å². The second-order valence-electron chi connectivity index (χ2n) is 9.58. The van der Waals surface area contributed by atoms with Crippen molar-refractivity contribution in [1.82, 2.24) is 20.0 Å². The quantitative estimate of drug-likeness (QED) is 0.279. The van der Waals surface area contributed by atoms with Crippen molar-refractivity contribution in [2.24, 2.45) is 5.92 Å². The number of halogens is 1. The predicted molar refractivity (Wildman–Crippen MR) is 142 cm³/mol. The monoisotopic (exact) mass is 522 g/mol. The number of hydrogen-bond donors (Lipinski definition) is 1. The summed E-state index contributed by atoms with van der Waals surface area (Å²) in [5, 5.41) is 5.86. The minimum absolute atomic E-state index is 0.00650. The molecule has 37 heavy (non-hydrogen) atoms. The van der Waals surface area contributed by atoms with E-state index < -0.39 is 0 Å². The Balaban J connectivity index is 1.32. The van der Waals surface area contributed by atoms with Crippen LogP contribution in [0, 0.1) is 5.92 Å². The van der Waals surface area contributed by atoms with Gasteiger partial charge in [-0.3, -0.25) is 9.69 Å². The van der Waals surface area contributed by atoms with E-state index in [4.69, 9.17) is 25.6 Å². The first-order valence-corrected chi connectivity index (χ1v) is 13.1. The number of piperidine rings is 1. The first kappa shape index (κ1) is 25.3. The number of nitrogens with one attached hydrogen (secondary N) is 1. The number of fused-ring (bicyclic) bond motifs is 1. The predicted octanol–water partition coefficient (Wildman–Crippen LogP) is 6.10. The van der Waals surface area contributed by atoms with Crippen LogP contribution in [-0.2, 0) is 16.1 Å². The Labute approximate surface area is 220 Å². The topological polar surface area (TPSA) is 93.5 Å². The molecule has 1 N–H and O–H groups in total. The lowest BCUT2D eigenvalue weighted by molar-refractivity contribution is -0.149. The average molecular weight is 523 g/mol. The lowest BCUT2D eigenvalue weighted by atomic mass is 9.96. The smallest absolute Gasteiger partial charge is 0.309 e. The van der Waals surface area contributed by atoms with Crippen LogP contribution in [0.5, 0.6) is 5.75 Å². The molecule has 2 aromatic heterocycles. The van der Waals surface area contributed by atoms with Crippen LogP contribution in [0.2, 0.25) is 5.02 Å². The van der Waals surface area contributed by atoms with Crippen molar-refractivity contribution in [2.75, 3.05) is 19.7 Å². The van der Waals surface area contributed by atoms with Crippen LogP contribution in [0.3, 0.4) is 0 Å². The van der Waals surface area contributed by atoms with Crippen molar-refractivity contribution in [3.63, 3.8) is 0 Å². The van der Waals surface area contributed by atoms with Crippen LogP contribution in [0.4, 0.5) is 0 Å². The standard InChI is InChI=1S/C28H31ClN4O4/c1-4-35-28(34)18-10-12-33(13-11-18)16-20-15-30-25-21(20)6-5-7-22(25)26-31-27(37-32-26)19-8-9-24(23(29)14-19)36-17(2)3/h5-9,14-15,17-18,30H,4,10-13,16H2,1-3H3. The van der Waals surface area contributed by atoms with E-state index in [9.17, 15) is 4.79 Å². The zero-order valence-electron chi connectivity index (χ0n) is 21.3. The molecule has 0 atom stereocenters. The van der Waals surface area contributed by atoms with Gasteiger partial charge < -0.3 is 19.0 Å². The molecule has 194 valence electrons. The molecule has 2 aromatic carbocycles. The third-order valence-electron chi connectivity index (χ3n) is 6.61. The van der Waals surface area contributed by atoms with Crippen molar-refractivity contribution in [3.8, 4) is 28.6 Å². The van der Waals surface area contributed by atoms with Crippen LogP contribution >= 0.6 is 11.6 Å². The molecule has 0 unspecified atom stereocenters. The van der Waals surface area contributed by atoms with E-state index in [-0.39, 0.29) is 18.0 Å². The Hall–Kier alpha value is -3.36. The van der Waals surface area contributed by atoms with E-state index in [2.05, 4.69) is 26.1 Å². The second-order valence-corrected chi connectivity index (χ2v) is 9.99. The van der Waals surface area contributed by atoms with Gasteiger partial charge in [-0.05, 0) is 76.5 Å². The highest BCUT2D eigenvalue weighted by Gasteiger charge is 2.26. The highest BCUT2D eigenvalue weighted by Crippen LogP contribution is 2.33. The van der Waals surface area contributed by atoms with Gasteiger partial charge >= 0.3 is 5.97 Å². The van der Waals surface area contributed by atoms with E-state index in [0.29, 0.717) is 29.1 Å². The molecule has 0 bridgehead atoms. The Morgan fingerprint density at radius 1 is 1.24 bits per heavy atom. The third-order valence-corrected chi connectivity index (χ3v) is 6.91. The first-order valence-electron chi connectivity index (χ1n) is 12.7. The number of aromatic amines is 1. The molecule has 8 nitrogen and oxygen atoms in total. The third kappa shape index (κ3) is 5.50. The summed E-state index contributed by atoms with van der Waals surface area (Å²) in [5.74, 6) is 1.45. The van der Waals surface area contributed by atoms with Gasteiger partial charge in [-0.1, -0.05) is 28.9 Å². The zero-order chi connectivity index (χ0) is 25.9. The summed E-state index contributed by atoms with van der Waals surface area (Å²) in [6, 6.07) is 11.5. The van der Waals surface area contributed by atoms with Gasteiger partial charge in [0.25, 0.3) is 5.89 Å². The van der Waals surface area contributed by atoms with E-state index in [1.54, 1.807) is 6.07 Å². The first-order chi connectivity index (χ1) is 17.9.